The molecule has 0 atom stereocenters. The van der Waals surface area contributed by atoms with Gasteiger partial charge in [0.25, 0.3) is 5.91 Å². The van der Waals surface area contributed by atoms with Gasteiger partial charge in [0.2, 0.25) is 5.95 Å². The highest BCUT2D eigenvalue weighted by Gasteiger charge is 2.24. The van der Waals surface area contributed by atoms with Crippen molar-refractivity contribution >= 4 is 23.2 Å². The SMILES string of the molecule is CNc1cccc(C(=O)Nc2nccnn2)c1[N+](=O)[O-]. The van der Waals surface area contributed by atoms with Crippen molar-refractivity contribution in [1.29, 1.82) is 0 Å². The molecule has 0 unspecified atom stereocenters. The number of hydrogen-bond donors (Lipinski definition) is 2. The number of benzene rings is 1. The monoisotopic (exact) mass is 274 g/mol. The summed E-state index contributed by atoms with van der Waals surface area (Å²) in [6.45, 7) is 0. The number of anilines is 2. The molecule has 0 saturated carbocycles. The van der Waals surface area contributed by atoms with Gasteiger partial charge >= 0.3 is 5.69 Å². The molecule has 2 N–H and O–H groups in total. The molecule has 0 aliphatic heterocycles. The Labute approximate surface area is 113 Å². The molecule has 0 spiro atoms. The molecule has 9 nitrogen and oxygen atoms in total. The van der Waals surface area contributed by atoms with E-state index < -0.39 is 10.8 Å². The van der Waals surface area contributed by atoms with Crippen molar-refractivity contribution < 1.29 is 9.72 Å². The van der Waals surface area contributed by atoms with E-state index in [1.165, 1.54) is 37.6 Å². The second-order valence-electron chi connectivity index (χ2n) is 3.63. The van der Waals surface area contributed by atoms with Crippen molar-refractivity contribution in [3.05, 3.63) is 46.3 Å². The number of para-hydroxylation sites is 1. The molecule has 1 amide bonds. The van der Waals surface area contributed by atoms with Crippen molar-refractivity contribution in [2.75, 3.05) is 17.7 Å². The Morgan fingerprint density at radius 2 is 2.15 bits per heavy atom. The second-order valence-corrected chi connectivity index (χ2v) is 3.63. The molecule has 0 aliphatic carbocycles. The maximum Gasteiger partial charge on any atom is 0.305 e. The van der Waals surface area contributed by atoms with Crippen LogP contribution in [0.5, 0.6) is 0 Å². The van der Waals surface area contributed by atoms with E-state index in [1.807, 2.05) is 0 Å². The minimum Gasteiger partial charge on any atom is -0.383 e. The van der Waals surface area contributed by atoms with Crippen LogP contribution in [0, 0.1) is 10.1 Å². The molecule has 0 radical (unpaired) electrons. The lowest BCUT2D eigenvalue weighted by atomic mass is 10.1. The molecule has 1 aromatic heterocycles. The zero-order valence-corrected chi connectivity index (χ0v) is 10.4. The van der Waals surface area contributed by atoms with Gasteiger partial charge in [-0.1, -0.05) is 6.07 Å². The van der Waals surface area contributed by atoms with Gasteiger partial charge in [-0.25, -0.2) is 4.98 Å². The van der Waals surface area contributed by atoms with Crippen LogP contribution in [0.4, 0.5) is 17.3 Å². The van der Waals surface area contributed by atoms with Crippen molar-refractivity contribution in [2.24, 2.45) is 0 Å². The third kappa shape index (κ3) is 2.66. The first-order valence-electron chi connectivity index (χ1n) is 5.53. The lowest BCUT2D eigenvalue weighted by Gasteiger charge is -2.07. The number of nitro benzene ring substituents is 1. The van der Waals surface area contributed by atoms with E-state index in [1.54, 1.807) is 0 Å². The highest BCUT2D eigenvalue weighted by Crippen LogP contribution is 2.28. The summed E-state index contributed by atoms with van der Waals surface area (Å²) in [5, 5.41) is 23.3. The number of aromatic nitrogens is 3. The largest absolute Gasteiger partial charge is 0.383 e. The predicted octanol–water partition coefficient (Wildman–Crippen LogP) is 1.07. The maximum absolute atomic E-state index is 12.1. The van der Waals surface area contributed by atoms with E-state index in [9.17, 15) is 14.9 Å². The smallest absolute Gasteiger partial charge is 0.305 e. The van der Waals surface area contributed by atoms with E-state index in [0.29, 0.717) is 0 Å². The quantitative estimate of drug-likeness (QED) is 0.631. The Bertz CT molecular complexity index is 646. The molecule has 0 fully saturated rings. The molecule has 102 valence electrons. The highest BCUT2D eigenvalue weighted by molar-refractivity contribution is 6.07. The van der Waals surface area contributed by atoms with Crippen LogP contribution in [0.3, 0.4) is 0 Å². The van der Waals surface area contributed by atoms with Gasteiger partial charge in [-0.05, 0) is 12.1 Å². The predicted molar refractivity (Wildman–Crippen MR) is 70.4 cm³/mol. The summed E-state index contributed by atoms with van der Waals surface area (Å²) in [6.07, 6.45) is 2.70. The molecule has 2 aromatic rings. The maximum atomic E-state index is 12.1. The van der Waals surface area contributed by atoms with Gasteiger partial charge in [0.15, 0.2) is 0 Å². The van der Waals surface area contributed by atoms with Crippen molar-refractivity contribution in [1.82, 2.24) is 15.2 Å². The van der Waals surface area contributed by atoms with E-state index >= 15 is 0 Å². The van der Waals surface area contributed by atoms with Crippen LogP contribution >= 0.6 is 0 Å². The summed E-state index contributed by atoms with van der Waals surface area (Å²) in [6, 6.07) is 4.40. The molecule has 1 heterocycles. The average molecular weight is 274 g/mol. The molecule has 0 saturated heterocycles. The van der Waals surface area contributed by atoms with Gasteiger partial charge in [0, 0.05) is 7.05 Å². The van der Waals surface area contributed by atoms with Crippen molar-refractivity contribution in [2.45, 2.75) is 0 Å². The fourth-order valence-electron chi connectivity index (χ4n) is 1.60. The van der Waals surface area contributed by atoms with E-state index in [2.05, 4.69) is 25.8 Å². The molecule has 1 aromatic carbocycles. The van der Waals surface area contributed by atoms with E-state index in [4.69, 9.17) is 0 Å². The Kier molecular flexibility index (Phi) is 3.80. The van der Waals surface area contributed by atoms with E-state index in [-0.39, 0.29) is 22.9 Å². The number of amides is 1. The van der Waals surface area contributed by atoms with Gasteiger partial charge < -0.3 is 5.32 Å². The number of carbonyl (C=O) groups is 1. The van der Waals surface area contributed by atoms with Crippen molar-refractivity contribution in [3.8, 4) is 0 Å². The normalized spacial score (nSPS) is 9.85. The average Bonchev–Trinajstić information content (AvgIpc) is 2.47. The minimum atomic E-state index is -0.679. The van der Waals surface area contributed by atoms with Crippen LogP contribution in [0.1, 0.15) is 10.4 Å². The van der Waals surface area contributed by atoms with Crippen LogP contribution in [0.2, 0.25) is 0 Å². The van der Waals surface area contributed by atoms with Gasteiger partial charge in [-0.3, -0.25) is 20.2 Å². The Morgan fingerprint density at radius 3 is 2.75 bits per heavy atom. The molecule has 0 aliphatic rings. The summed E-state index contributed by atoms with van der Waals surface area (Å²) in [7, 11) is 1.54. The van der Waals surface area contributed by atoms with Crippen LogP contribution in [-0.4, -0.2) is 33.1 Å². The number of nitro groups is 1. The first kappa shape index (κ1) is 13.3. The van der Waals surface area contributed by atoms with Gasteiger partial charge in [-0.15, -0.1) is 5.10 Å². The Hall–Kier alpha value is -3.10. The standard InChI is InChI=1S/C11H10N6O3/c1-12-8-4-2-3-7(9(8)17(19)20)10(18)15-11-13-5-6-14-16-11/h2-6,12H,1H3,(H,13,15,16,18). The topological polar surface area (TPSA) is 123 Å². The summed E-state index contributed by atoms with van der Waals surface area (Å²) < 4.78 is 0. The Balaban J connectivity index is 2.37. The molecular formula is C11H10N6O3. The number of hydrogen-bond acceptors (Lipinski definition) is 7. The van der Waals surface area contributed by atoms with Crippen molar-refractivity contribution in [3.63, 3.8) is 0 Å². The number of rotatable bonds is 4. The summed E-state index contributed by atoms with van der Waals surface area (Å²) >= 11 is 0. The number of nitrogens with zero attached hydrogens (tertiary/aromatic N) is 4. The zero-order chi connectivity index (χ0) is 14.5. The van der Waals surface area contributed by atoms with Gasteiger partial charge in [0.1, 0.15) is 11.3 Å². The van der Waals surface area contributed by atoms with Crippen LogP contribution in [0.25, 0.3) is 0 Å². The summed E-state index contributed by atoms with van der Waals surface area (Å²) in [5.74, 6) is -0.705. The molecule has 0 bridgehead atoms. The lowest BCUT2D eigenvalue weighted by molar-refractivity contribution is -0.384. The molecule has 2 rings (SSSR count). The number of carbonyl (C=O) groups excluding carboxylic acids is 1. The fraction of sp³-hybridized carbons (Fsp3) is 0.0909. The molecule has 20 heavy (non-hydrogen) atoms. The second kappa shape index (κ2) is 5.69. The third-order valence-electron chi connectivity index (χ3n) is 2.44. The third-order valence-corrected chi connectivity index (χ3v) is 2.44. The summed E-state index contributed by atoms with van der Waals surface area (Å²) in [5.41, 5.74) is -0.152. The van der Waals surface area contributed by atoms with Crippen LogP contribution in [0.15, 0.2) is 30.6 Å². The fourth-order valence-corrected chi connectivity index (χ4v) is 1.60. The first-order chi connectivity index (χ1) is 9.63. The lowest BCUT2D eigenvalue weighted by Crippen LogP contribution is -2.16. The minimum absolute atomic E-state index is 0.0262. The first-order valence-corrected chi connectivity index (χ1v) is 5.53. The molecule has 9 heteroatoms. The van der Waals surface area contributed by atoms with Gasteiger partial charge in [0.05, 0.1) is 17.3 Å². The zero-order valence-electron chi connectivity index (χ0n) is 10.4. The van der Waals surface area contributed by atoms with Crippen LogP contribution < -0.4 is 10.6 Å². The van der Waals surface area contributed by atoms with Crippen LogP contribution in [-0.2, 0) is 0 Å². The Morgan fingerprint density at radius 1 is 1.35 bits per heavy atom. The summed E-state index contributed by atoms with van der Waals surface area (Å²) in [4.78, 5) is 26.3. The van der Waals surface area contributed by atoms with Gasteiger partial charge in [-0.2, -0.15) is 5.10 Å². The number of nitrogens with one attached hydrogen (secondary N) is 2. The highest BCUT2D eigenvalue weighted by atomic mass is 16.6. The van der Waals surface area contributed by atoms with E-state index in [0.717, 1.165) is 0 Å². The molecular weight excluding hydrogens is 264 g/mol.